The first-order valence-electron chi connectivity index (χ1n) is 10.9. The Balaban J connectivity index is 1.51. The first-order valence-corrected chi connectivity index (χ1v) is 11.7. The molecule has 0 spiro atoms. The predicted molar refractivity (Wildman–Crippen MR) is 125 cm³/mol. The Hall–Kier alpha value is -3.13. The highest BCUT2D eigenvalue weighted by Gasteiger charge is 2.43. The molecular formula is C21H22BrF3N8O2. The van der Waals surface area contributed by atoms with Crippen molar-refractivity contribution in [3.8, 4) is 5.75 Å². The molecule has 3 aromatic rings. The van der Waals surface area contributed by atoms with Crippen molar-refractivity contribution in [2.75, 3.05) is 23.7 Å². The highest BCUT2D eigenvalue weighted by atomic mass is 79.9. The zero-order valence-electron chi connectivity index (χ0n) is 18.3. The van der Waals surface area contributed by atoms with E-state index in [4.69, 9.17) is 11.5 Å². The predicted octanol–water partition coefficient (Wildman–Crippen LogP) is 2.30. The van der Waals surface area contributed by atoms with Gasteiger partial charge in [0, 0.05) is 30.4 Å². The summed E-state index contributed by atoms with van der Waals surface area (Å²) in [4.78, 5) is 27.0. The number of rotatable bonds is 6. The van der Waals surface area contributed by atoms with Crippen molar-refractivity contribution >= 4 is 44.5 Å². The van der Waals surface area contributed by atoms with Crippen LogP contribution in [-0.2, 0) is 11.3 Å². The van der Waals surface area contributed by atoms with Crippen molar-refractivity contribution in [2.45, 2.75) is 43.8 Å². The zero-order valence-corrected chi connectivity index (χ0v) is 19.9. The Morgan fingerprint density at radius 1 is 1.29 bits per heavy atom. The lowest BCUT2D eigenvalue weighted by atomic mass is 9.99. The third-order valence-electron chi connectivity index (χ3n) is 6.17. The summed E-state index contributed by atoms with van der Waals surface area (Å²) in [7, 11) is 0. The number of carbonyl (C=O) groups is 1. The molecule has 1 saturated heterocycles. The number of benzene rings is 1. The Morgan fingerprint density at radius 2 is 2.06 bits per heavy atom. The van der Waals surface area contributed by atoms with Gasteiger partial charge in [-0.15, -0.1) is 13.2 Å². The number of hydrogen-bond acceptors (Lipinski definition) is 8. The van der Waals surface area contributed by atoms with Crippen molar-refractivity contribution in [1.82, 2.24) is 24.8 Å². The van der Waals surface area contributed by atoms with E-state index in [0.717, 1.165) is 12.8 Å². The minimum absolute atomic E-state index is 0.0975. The maximum absolute atomic E-state index is 13.0. The molecule has 2 fully saturated rings. The molecule has 2 aliphatic rings. The van der Waals surface area contributed by atoms with Crippen LogP contribution in [0.4, 0.5) is 24.7 Å². The van der Waals surface area contributed by atoms with E-state index in [-0.39, 0.29) is 41.1 Å². The Labute approximate surface area is 206 Å². The van der Waals surface area contributed by atoms with Crippen LogP contribution >= 0.6 is 15.9 Å². The molecule has 10 nitrogen and oxygen atoms in total. The summed E-state index contributed by atoms with van der Waals surface area (Å²) < 4.78 is 45.1. The molecule has 35 heavy (non-hydrogen) atoms. The van der Waals surface area contributed by atoms with E-state index in [0.29, 0.717) is 35.4 Å². The van der Waals surface area contributed by atoms with Crippen LogP contribution in [0.1, 0.15) is 24.8 Å². The fraction of sp³-hybridized carbons (Fsp3) is 0.429. The summed E-state index contributed by atoms with van der Waals surface area (Å²) in [6.45, 7) is 0.762. The number of hydrogen-bond donors (Lipinski definition) is 3. The Morgan fingerprint density at radius 3 is 2.77 bits per heavy atom. The number of aromatic nitrogens is 4. The molecule has 1 aromatic carbocycles. The van der Waals surface area contributed by atoms with E-state index < -0.39 is 11.9 Å². The fourth-order valence-corrected chi connectivity index (χ4v) is 4.75. The average Bonchev–Trinajstić information content (AvgIpc) is 3.36. The molecular weight excluding hydrogens is 533 g/mol. The highest BCUT2D eigenvalue weighted by Crippen LogP contribution is 2.40. The van der Waals surface area contributed by atoms with Crippen LogP contribution in [0.15, 0.2) is 29.3 Å². The van der Waals surface area contributed by atoms with Gasteiger partial charge in [-0.05, 0) is 47.3 Å². The van der Waals surface area contributed by atoms with Gasteiger partial charge in [-0.1, -0.05) is 0 Å². The second-order valence-electron chi connectivity index (χ2n) is 8.80. The molecule has 3 heterocycles. The van der Waals surface area contributed by atoms with Gasteiger partial charge in [0.1, 0.15) is 23.1 Å². The van der Waals surface area contributed by atoms with Crippen LogP contribution in [0.3, 0.4) is 0 Å². The summed E-state index contributed by atoms with van der Waals surface area (Å²) in [5.41, 5.74) is 13.1. The summed E-state index contributed by atoms with van der Waals surface area (Å²) in [5, 5.41) is 2.95. The molecule has 14 heteroatoms. The first kappa shape index (κ1) is 23.6. The van der Waals surface area contributed by atoms with Gasteiger partial charge < -0.3 is 31.0 Å². The highest BCUT2D eigenvalue weighted by molar-refractivity contribution is 9.10. The normalized spacial score (nSPS) is 20.4. The number of ether oxygens (including phenoxy) is 1. The number of amides is 1. The average molecular weight is 555 g/mol. The molecule has 1 atom stereocenters. The third-order valence-corrected chi connectivity index (χ3v) is 7.04. The van der Waals surface area contributed by atoms with Gasteiger partial charge >= 0.3 is 6.36 Å². The third kappa shape index (κ3) is 4.72. The van der Waals surface area contributed by atoms with Crippen molar-refractivity contribution < 1.29 is 22.7 Å². The van der Waals surface area contributed by atoms with Crippen LogP contribution in [-0.4, -0.2) is 56.5 Å². The van der Waals surface area contributed by atoms with Crippen LogP contribution in [0, 0.1) is 0 Å². The minimum Gasteiger partial charge on any atom is -0.405 e. The second-order valence-corrected chi connectivity index (χ2v) is 9.60. The summed E-state index contributed by atoms with van der Waals surface area (Å²) in [6.07, 6.45) is 0.194. The number of nitrogens with two attached hydrogens (primary N) is 2. The number of carbonyl (C=O) groups excluding carboxylic acids is 1. The quantitative estimate of drug-likeness (QED) is 0.422. The van der Waals surface area contributed by atoms with Gasteiger partial charge in [0.05, 0.1) is 17.3 Å². The molecule has 5 N–H and O–H groups in total. The lowest BCUT2D eigenvalue weighted by molar-refractivity contribution is -0.274. The largest absolute Gasteiger partial charge is 0.573 e. The number of nitrogen functional groups attached to an aromatic ring is 1. The summed E-state index contributed by atoms with van der Waals surface area (Å²) >= 11 is 3.30. The number of alkyl halides is 3. The van der Waals surface area contributed by atoms with E-state index in [1.165, 1.54) is 24.8 Å². The number of imidazole rings is 1. The topological polar surface area (TPSA) is 137 Å². The summed E-state index contributed by atoms with van der Waals surface area (Å²) in [5.74, 6) is -0.413. The molecule has 1 saturated carbocycles. The molecule has 2 aromatic heterocycles. The number of anilines is 2. The number of nitrogens with one attached hydrogen (secondary N) is 1. The van der Waals surface area contributed by atoms with Gasteiger partial charge in [-0.3, -0.25) is 4.79 Å². The minimum atomic E-state index is -4.87. The van der Waals surface area contributed by atoms with E-state index in [2.05, 4.69) is 40.9 Å². The fourth-order valence-electron chi connectivity index (χ4n) is 4.21. The second kappa shape index (κ2) is 8.52. The number of halogens is 4. The van der Waals surface area contributed by atoms with Gasteiger partial charge in [-0.25, -0.2) is 15.0 Å². The van der Waals surface area contributed by atoms with Gasteiger partial charge in [-0.2, -0.15) is 0 Å². The molecule has 0 bridgehead atoms. The number of fused-ring (bicyclic) bond motifs is 1. The number of nitrogens with zero attached hydrogens (tertiary/aromatic N) is 5. The van der Waals surface area contributed by atoms with Gasteiger partial charge in [0.15, 0.2) is 11.5 Å². The van der Waals surface area contributed by atoms with Crippen LogP contribution in [0.2, 0.25) is 0 Å². The molecule has 186 valence electrons. The molecule has 0 radical (unpaired) electrons. The smallest absolute Gasteiger partial charge is 0.405 e. The SMILES string of the molecule is Nc1ncnc2c1ncn2Cc1c(N2CCC(N)(C(=O)NC3CC3)C2)ccc(OC(F)(F)F)c1Br. The van der Waals surface area contributed by atoms with Crippen LogP contribution in [0.5, 0.6) is 5.75 Å². The zero-order chi connectivity index (χ0) is 25.0. The molecule has 5 rings (SSSR count). The lowest BCUT2D eigenvalue weighted by Gasteiger charge is -2.27. The first-order chi connectivity index (χ1) is 16.5. The van der Waals surface area contributed by atoms with Crippen LogP contribution < -0.4 is 26.4 Å². The Bertz CT molecular complexity index is 1300. The van der Waals surface area contributed by atoms with Crippen LogP contribution in [0.25, 0.3) is 11.2 Å². The van der Waals surface area contributed by atoms with Crippen molar-refractivity contribution in [1.29, 1.82) is 0 Å². The van der Waals surface area contributed by atoms with E-state index in [1.807, 2.05) is 4.90 Å². The molecule has 1 unspecified atom stereocenters. The standard InChI is InChI=1S/C21H22BrF3N8O2/c22-15-12(7-33-10-30-16-17(26)28-9-29-18(16)33)13(3-4-14(15)35-21(23,24)25)32-6-5-20(27,8-32)19(34)31-11-1-2-11/h3-4,9-11H,1-2,5-8,27H2,(H,31,34)(H2,26,28,29). The van der Waals surface area contributed by atoms with Crippen molar-refractivity contribution in [3.05, 3.63) is 34.8 Å². The van der Waals surface area contributed by atoms with E-state index >= 15 is 0 Å². The maximum Gasteiger partial charge on any atom is 0.573 e. The molecule has 1 amide bonds. The molecule has 1 aliphatic carbocycles. The summed E-state index contributed by atoms with van der Waals surface area (Å²) in [6, 6.07) is 2.95. The Kier molecular flexibility index (Phi) is 5.74. The van der Waals surface area contributed by atoms with Gasteiger partial charge in [0.25, 0.3) is 0 Å². The maximum atomic E-state index is 13.0. The van der Waals surface area contributed by atoms with Crippen molar-refractivity contribution in [3.63, 3.8) is 0 Å². The van der Waals surface area contributed by atoms with Gasteiger partial charge in [0.2, 0.25) is 5.91 Å². The molecule has 1 aliphatic heterocycles. The lowest BCUT2D eigenvalue weighted by Crippen LogP contribution is -2.56. The van der Waals surface area contributed by atoms with Crippen molar-refractivity contribution in [2.24, 2.45) is 5.73 Å². The monoisotopic (exact) mass is 554 g/mol. The van der Waals surface area contributed by atoms with E-state index in [1.54, 1.807) is 4.57 Å². The van der Waals surface area contributed by atoms with E-state index in [9.17, 15) is 18.0 Å².